The lowest BCUT2D eigenvalue weighted by Crippen LogP contribution is -2.19. The van der Waals surface area contributed by atoms with Gasteiger partial charge in [0, 0.05) is 17.1 Å². The van der Waals surface area contributed by atoms with Gasteiger partial charge in [-0.25, -0.2) is 9.59 Å². The molecule has 0 fully saturated rings. The van der Waals surface area contributed by atoms with Crippen LogP contribution in [0.1, 0.15) is 64.5 Å². The summed E-state index contributed by atoms with van der Waals surface area (Å²) in [7, 11) is 0. The van der Waals surface area contributed by atoms with Gasteiger partial charge in [0.05, 0.1) is 0 Å². The predicted octanol–water partition coefficient (Wildman–Crippen LogP) is 10.5. The third-order valence-electron chi connectivity index (χ3n) is 9.01. The molecule has 7 heteroatoms. The zero-order valence-electron chi connectivity index (χ0n) is 29.4. The minimum Gasteiger partial charge on any atom is -0.477 e. The topological polar surface area (TPSA) is 125 Å². The third-order valence-corrected chi connectivity index (χ3v) is 9.01. The lowest BCUT2D eigenvalue weighted by atomic mass is 9.74. The van der Waals surface area contributed by atoms with Crippen molar-refractivity contribution in [2.24, 2.45) is 10.8 Å². The molecule has 0 aliphatic heterocycles. The van der Waals surface area contributed by atoms with E-state index in [2.05, 4.69) is 69.0 Å². The number of nitriles is 2. The first-order valence-corrected chi connectivity index (χ1v) is 16.8. The number of para-hydroxylation sites is 1. The molecule has 7 nitrogen and oxygen atoms in total. The smallest absolute Gasteiger partial charge is 0.346 e. The Morgan fingerprint density at radius 1 is 0.588 bits per heavy atom. The van der Waals surface area contributed by atoms with Gasteiger partial charge in [0.2, 0.25) is 0 Å². The van der Waals surface area contributed by atoms with E-state index >= 15 is 0 Å². The van der Waals surface area contributed by atoms with Crippen LogP contribution < -0.4 is 4.90 Å². The lowest BCUT2D eigenvalue weighted by Gasteiger charge is -2.30. The average Bonchev–Trinajstić information content (AvgIpc) is 3.07. The first-order valence-electron chi connectivity index (χ1n) is 16.8. The maximum absolute atomic E-state index is 11.6. The zero-order chi connectivity index (χ0) is 36.8. The molecule has 3 aromatic rings. The van der Waals surface area contributed by atoms with Gasteiger partial charge in [-0.15, -0.1) is 0 Å². The van der Waals surface area contributed by atoms with Gasteiger partial charge in [0.1, 0.15) is 23.3 Å². The molecule has 0 amide bonds. The van der Waals surface area contributed by atoms with Gasteiger partial charge in [-0.2, -0.15) is 10.5 Å². The number of hydrogen-bond donors (Lipinski definition) is 2. The Balaban J connectivity index is 1.39. The Morgan fingerprint density at radius 2 is 0.961 bits per heavy atom. The van der Waals surface area contributed by atoms with Gasteiger partial charge >= 0.3 is 11.9 Å². The van der Waals surface area contributed by atoms with Crippen LogP contribution in [0.3, 0.4) is 0 Å². The number of nitrogens with zero attached hydrogens (tertiary/aromatic N) is 3. The van der Waals surface area contributed by atoms with E-state index in [0.717, 1.165) is 52.2 Å². The number of hydrogen-bond acceptors (Lipinski definition) is 5. The van der Waals surface area contributed by atoms with Gasteiger partial charge < -0.3 is 15.1 Å². The Morgan fingerprint density at radius 3 is 1.31 bits per heavy atom. The fraction of sp³-hybridized carbons (Fsp3) is 0.227. The summed E-state index contributed by atoms with van der Waals surface area (Å²) in [6.07, 6.45) is 14.3. The molecule has 3 aromatic carbocycles. The third kappa shape index (κ3) is 9.09. The van der Waals surface area contributed by atoms with Crippen molar-refractivity contribution in [3.05, 3.63) is 148 Å². The van der Waals surface area contributed by atoms with E-state index in [4.69, 9.17) is 0 Å². The molecular formula is C44H41N3O4. The number of rotatable bonds is 9. The van der Waals surface area contributed by atoms with E-state index in [1.807, 2.05) is 91.1 Å². The summed E-state index contributed by atoms with van der Waals surface area (Å²) in [5.74, 6) is -2.39. The molecule has 51 heavy (non-hydrogen) atoms. The first-order chi connectivity index (χ1) is 24.3. The van der Waals surface area contributed by atoms with Crippen molar-refractivity contribution in [3.8, 4) is 12.1 Å². The molecule has 2 aliphatic carbocycles. The van der Waals surface area contributed by atoms with E-state index in [1.165, 1.54) is 0 Å². The van der Waals surface area contributed by atoms with Gasteiger partial charge in [0.25, 0.3) is 0 Å². The number of carbonyl (C=O) groups is 2. The normalized spacial score (nSPS) is 18.6. The summed E-state index contributed by atoms with van der Waals surface area (Å²) in [5, 5.41) is 37.9. The van der Waals surface area contributed by atoms with Crippen molar-refractivity contribution in [2.45, 2.75) is 53.4 Å². The molecule has 2 N–H and O–H groups in total. The minimum absolute atomic E-state index is 0.165. The summed E-state index contributed by atoms with van der Waals surface area (Å²) < 4.78 is 0. The van der Waals surface area contributed by atoms with Crippen molar-refractivity contribution in [3.63, 3.8) is 0 Å². The SMILES string of the molecule is CC1(C)CC(/C=C/c2ccc(N(c3ccccc3)c3ccc(/C=C/C4=CC(=C(\C#N)C(=O)O)/CC(C)(C)C4)cc3)cc2)=CC(=C(\C#N)C(=O)O)/C1. The molecule has 0 heterocycles. The van der Waals surface area contributed by atoms with Crippen molar-refractivity contribution in [1.82, 2.24) is 0 Å². The quantitative estimate of drug-likeness (QED) is 0.171. The van der Waals surface area contributed by atoms with Crippen LogP contribution in [0.25, 0.3) is 12.2 Å². The highest BCUT2D eigenvalue weighted by atomic mass is 16.4. The lowest BCUT2D eigenvalue weighted by molar-refractivity contribution is -0.133. The van der Waals surface area contributed by atoms with Gasteiger partial charge in [-0.3, -0.25) is 0 Å². The molecule has 0 radical (unpaired) electrons. The second-order valence-corrected chi connectivity index (χ2v) is 14.6. The maximum Gasteiger partial charge on any atom is 0.346 e. The monoisotopic (exact) mass is 675 g/mol. The Hall–Kier alpha value is -6.18. The fourth-order valence-electron chi connectivity index (χ4n) is 6.86. The maximum atomic E-state index is 11.6. The van der Waals surface area contributed by atoms with Crippen molar-refractivity contribution in [1.29, 1.82) is 10.5 Å². The number of carboxylic acid groups (broad SMARTS) is 2. The highest BCUT2D eigenvalue weighted by molar-refractivity contribution is 5.93. The number of anilines is 3. The number of allylic oxidation sites excluding steroid dienone is 8. The standard InChI is InChI=1S/C44H41N3O4/c1-43(2)24-32(22-34(26-43)39(28-45)41(48)49)12-10-30-14-18-37(19-15-30)47(36-8-6-5-7-9-36)38-20-16-31(17-21-38)11-13-33-23-35(27-44(3,4)25-33)40(29-46)42(50)51/h5-23H,24-27H2,1-4H3,(H,48,49)(H,50,51)/b12-10+,13-11+,39-34-,40-35-. The highest BCUT2D eigenvalue weighted by Gasteiger charge is 2.29. The molecule has 0 saturated carbocycles. The largest absolute Gasteiger partial charge is 0.477 e. The minimum atomic E-state index is -1.20. The van der Waals surface area contributed by atoms with Gasteiger partial charge in [0.15, 0.2) is 0 Å². The summed E-state index contributed by atoms with van der Waals surface area (Å²) in [6, 6.07) is 30.3. The van der Waals surface area contributed by atoms with E-state index in [1.54, 1.807) is 0 Å². The van der Waals surface area contributed by atoms with Crippen LogP contribution in [0, 0.1) is 33.5 Å². The fourth-order valence-corrected chi connectivity index (χ4v) is 6.86. The molecule has 0 atom stereocenters. The van der Waals surface area contributed by atoms with Gasteiger partial charge in [-0.05, 0) is 106 Å². The van der Waals surface area contributed by atoms with Crippen LogP contribution in [-0.2, 0) is 9.59 Å². The number of aliphatic carboxylic acids is 2. The Labute approximate surface area is 299 Å². The highest BCUT2D eigenvalue weighted by Crippen LogP contribution is 2.41. The van der Waals surface area contributed by atoms with Crippen LogP contribution >= 0.6 is 0 Å². The molecule has 0 saturated heterocycles. The number of carboxylic acids is 2. The van der Waals surface area contributed by atoms with Crippen LogP contribution in [0.5, 0.6) is 0 Å². The molecule has 2 aliphatic rings. The van der Waals surface area contributed by atoms with Crippen LogP contribution in [-0.4, -0.2) is 22.2 Å². The summed E-state index contributed by atoms with van der Waals surface area (Å²) in [5.41, 5.74) is 7.28. The number of benzene rings is 3. The molecular weight excluding hydrogens is 635 g/mol. The second kappa shape index (κ2) is 15.2. The Kier molecular flexibility index (Phi) is 10.7. The molecule has 5 rings (SSSR count). The van der Waals surface area contributed by atoms with E-state index in [0.29, 0.717) is 24.0 Å². The summed E-state index contributed by atoms with van der Waals surface area (Å²) in [4.78, 5) is 25.5. The van der Waals surface area contributed by atoms with Crippen LogP contribution in [0.2, 0.25) is 0 Å². The zero-order valence-corrected chi connectivity index (χ0v) is 29.4. The molecule has 256 valence electrons. The molecule has 0 aromatic heterocycles. The Bertz CT molecular complexity index is 1960. The molecule has 0 unspecified atom stereocenters. The first kappa shape index (κ1) is 36.1. The molecule has 0 spiro atoms. The van der Waals surface area contributed by atoms with Crippen molar-refractivity contribution < 1.29 is 19.8 Å². The molecule has 0 bridgehead atoms. The van der Waals surface area contributed by atoms with E-state index < -0.39 is 11.9 Å². The van der Waals surface area contributed by atoms with Crippen molar-refractivity contribution >= 4 is 41.2 Å². The predicted molar refractivity (Wildman–Crippen MR) is 202 cm³/mol. The summed E-state index contributed by atoms with van der Waals surface area (Å²) in [6.45, 7) is 8.33. The average molecular weight is 676 g/mol. The van der Waals surface area contributed by atoms with E-state index in [-0.39, 0.29) is 22.0 Å². The second-order valence-electron chi connectivity index (χ2n) is 14.6. The van der Waals surface area contributed by atoms with Gasteiger partial charge in [-0.1, -0.05) is 107 Å². The van der Waals surface area contributed by atoms with Crippen LogP contribution in [0.15, 0.2) is 137 Å². The van der Waals surface area contributed by atoms with E-state index in [9.17, 15) is 30.3 Å². The van der Waals surface area contributed by atoms with Crippen LogP contribution in [0.4, 0.5) is 17.1 Å². The van der Waals surface area contributed by atoms with Crippen molar-refractivity contribution in [2.75, 3.05) is 4.90 Å². The summed E-state index contributed by atoms with van der Waals surface area (Å²) >= 11 is 0.